The number of nitrogens with zero attached hydrogens (tertiary/aromatic N) is 4. The van der Waals surface area contributed by atoms with Crippen LogP contribution in [0.25, 0.3) is 5.69 Å². The summed E-state index contributed by atoms with van der Waals surface area (Å²) < 4.78 is 7.51. The van der Waals surface area contributed by atoms with Crippen molar-refractivity contribution in [1.82, 2.24) is 19.9 Å². The van der Waals surface area contributed by atoms with Crippen LogP contribution in [0.2, 0.25) is 5.02 Å². The molecule has 0 spiro atoms. The normalized spacial score (nSPS) is 14.8. The van der Waals surface area contributed by atoms with Gasteiger partial charge in [0.2, 0.25) is 0 Å². The Morgan fingerprint density at radius 2 is 2.11 bits per heavy atom. The Hall–Kier alpha value is -1.67. The van der Waals surface area contributed by atoms with E-state index in [1.165, 1.54) is 0 Å². The number of piperidine rings is 1. The van der Waals surface area contributed by atoms with E-state index in [4.69, 9.17) is 22.1 Å². The molecule has 1 saturated heterocycles. The molecule has 3 rings (SSSR count). The highest BCUT2D eigenvalue weighted by atomic mass is 35.5. The van der Waals surface area contributed by atoms with Gasteiger partial charge in [0.25, 0.3) is 5.91 Å². The lowest BCUT2D eigenvalue weighted by Gasteiger charge is -2.31. The summed E-state index contributed by atoms with van der Waals surface area (Å²) in [4.78, 5) is 14.8. The Morgan fingerprint density at radius 3 is 2.75 bits per heavy atom. The second kappa shape index (κ2) is 10.8. The van der Waals surface area contributed by atoms with Crippen molar-refractivity contribution in [1.29, 1.82) is 0 Å². The molecule has 1 aromatic carbocycles. The van der Waals surface area contributed by atoms with Crippen molar-refractivity contribution in [3.63, 3.8) is 0 Å². The SMILES string of the molecule is CCc1c(C(=O)N2CCC(OCCCN)CC2)nnn1-c1cccc(Cl)c1.Cl. The van der Waals surface area contributed by atoms with Gasteiger partial charge in [-0.2, -0.15) is 0 Å². The Bertz CT molecular complexity index is 775. The highest BCUT2D eigenvalue weighted by Crippen LogP contribution is 2.21. The van der Waals surface area contributed by atoms with Gasteiger partial charge in [0, 0.05) is 24.7 Å². The van der Waals surface area contributed by atoms with E-state index < -0.39 is 0 Å². The fraction of sp³-hybridized carbons (Fsp3) is 0.526. The number of nitrogens with two attached hydrogens (primary N) is 1. The average molecular weight is 428 g/mol. The van der Waals surface area contributed by atoms with Gasteiger partial charge in [0.1, 0.15) is 0 Å². The number of hydrogen-bond donors (Lipinski definition) is 1. The predicted octanol–water partition coefficient (Wildman–Crippen LogP) is 2.87. The van der Waals surface area contributed by atoms with Gasteiger partial charge >= 0.3 is 0 Å². The standard InChI is InChI=1S/C19H26ClN5O2.ClH/c1-2-17-18(22-23-25(17)15-6-3-5-14(20)13-15)19(26)24-10-7-16(8-11-24)27-12-4-9-21;/h3,5-6,13,16H,2,4,7-12,21H2,1H3;1H. The van der Waals surface area contributed by atoms with Crippen LogP contribution in [0.4, 0.5) is 0 Å². The Labute approximate surface area is 176 Å². The fourth-order valence-electron chi connectivity index (χ4n) is 3.31. The molecule has 2 N–H and O–H groups in total. The first kappa shape index (κ1) is 22.6. The molecule has 1 amide bonds. The van der Waals surface area contributed by atoms with Crippen LogP contribution in [0, 0.1) is 0 Å². The maximum absolute atomic E-state index is 13.0. The lowest BCUT2D eigenvalue weighted by molar-refractivity contribution is 0.00826. The topological polar surface area (TPSA) is 86.3 Å². The average Bonchev–Trinajstić information content (AvgIpc) is 3.12. The molecule has 1 fully saturated rings. The van der Waals surface area contributed by atoms with Crippen molar-refractivity contribution < 1.29 is 9.53 Å². The number of halogens is 2. The van der Waals surface area contributed by atoms with E-state index in [1.807, 2.05) is 30.0 Å². The van der Waals surface area contributed by atoms with E-state index in [1.54, 1.807) is 10.7 Å². The number of amides is 1. The van der Waals surface area contributed by atoms with Crippen LogP contribution in [-0.2, 0) is 11.2 Å². The smallest absolute Gasteiger partial charge is 0.276 e. The van der Waals surface area contributed by atoms with Gasteiger partial charge in [0.05, 0.1) is 17.5 Å². The van der Waals surface area contributed by atoms with Crippen LogP contribution < -0.4 is 5.73 Å². The number of likely N-dealkylation sites (tertiary alicyclic amines) is 1. The van der Waals surface area contributed by atoms with Crippen molar-refractivity contribution in [2.45, 2.75) is 38.7 Å². The second-order valence-electron chi connectivity index (χ2n) is 6.63. The number of ether oxygens (including phenoxy) is 1. The Balaban J connectivity index is 0.00000280. The Kier molecular flexibility index (Phi) is 8.69. The van der Waals surface area contributed by atoms with Gasteiger partial charge < -0.3 is 15.4 Å². The van der Waals surface area contributed by atoms with Gasteiger partial charge in [-0.3, -0.25) is 4.79 Å². The molecule has 2 heterocycles. The first-order valence-electron chi connectivity index (χ1n) is 9.45. The number of aromatic nitrogens is 3. The molecule has 1 aliphatic rings. The van der Waals surface area contributed by atoms with Gasteiger partial charge in [0.15, 0.2) is 5.69 Å². The largest absolute Gasteiger partial charge is 0.378 e. The monoisotopic (exact) mass is 427 g/mol. The lowest BCUT2D eigenvalue weighted by atomic mass is 10.1. The molecule has 28 heavy (non-hydrogen) atoms. The van der Waals surface area contributed by atoms with Gasteiger partial charge in [-0.15, -0.1) is 17.5 Å². The molecule has 0 aliphatic carbocycles. The van der Waals surface area contributed by atoms with Crippen LogP contribution in [0.3, 0.4) is 0 Å². The zero-order chi connectivity index (χ0) is 19.2. The van der Waals surface area contributed by atoms with Crippen molar-refractivity contribution in [3.8, 4) is 5.69 Å². The molecule has 154 valence electrons. The maximum Gasteiger partial charge on any atom is 0.276 e. The summed E-state index contributed by atoms with van der Waals surface area (Å²) in [6.07, 6.45) is 3.39. The van der Waals surface area contributed by atoms with Crippen molar-refractivity contribution in [3.05, 3.63) is 40.7 Å². The first-order valence-corrected chi connectivity index (χ1v) is 9.83. The minimum absolute atomic E-state index is 0. The van der Waals surface area contributed by atoms with E-state index in [9.17, 15) is 4.79 Å². The highest BCUT2D eigenvalue weighted by Gasteiger charge is 2.28. The van der Waals surface area contributed by atoms with E-state index >= 15 is 0 Å². The van der Waals surface area contributed by atoms with E-state index in [0.717, 1.165) is 30.6 Å². The molecule has 0 unspecified atom stereocenters. The molecule has 0 atom stereocenters. The minimum atomic E-state index is -0.0689. The number of rotatable bonds is 7. The second-order valence-corrected chi connectivity index (χ2v) is 7.07. The molecule has 7 nitrogen and oxygen atoms in total. The molecule has 9 heteroatoms. The third-order valence-electron chi connectivity index (χ3n) is 4.78. The number of carbonyl (C=O) groups is 1. The molecular weight excluding hydrogens is 401 g/mol. The third-order valence-corrected chi connectivity index (χ3v) is 5.02. The summed E-state index contributed by atoms with van der Waals surface area (Å²) in [5, 5.41) is 9.00. The Morgan fingerprint density at radius 1 is 1.36 bits per heavy atom. The van der Waals surface area contributed by atoms with E-state index in [-0.39, 0.29) is 24.4 Å². The number of carbonyl (C=O) groups excluding carboxylic acids is 1. The van der Waals surface area contributed by atoms with Crippen molar-refractivity contribution >= 4 is 29.9 Å². The predicted molar refractivity (Wildman–Crippen MR) is 112 cm³/mol. The van der Waals surface area contributed by atoms with E-state index in [0.29, 0.717) is 43.4 Å². The van der Waals surface area contributed by atoms with Crippen LogP contribution in [0.5, 0.6) is 0 Å². The summed E-state index contributed by atoms with van der Waals surface area (Å²) >= 11 is 6.08. The van der Waals surface area contributed by atoms with Crippen LogP contribution in [0.15, 0.2) is 24.3 Å². The zero-order valence-electron chi connectivity index (χ0n) is 16.0. The molecule has 1 aromatic heterocycles. The molecule has 0 saturated carbocycles. The molecule has 1 aliphatic heterocycles. The molecule has 0 bridgehead atoms. The lowest BCUT2D eigenvalue weighted by Crippen LogP contribution is -2.41. The quantitative estimate of drug-likeness (QED) is 0.686. The van der Waals surface area contributed by atoms with Gasteiger partial charge in [-0.05, 0) is 50.4 Å². The van der Waals surface area contributed by atoms with Gasteiger partial charge in [-0.25, -0.2) is 4.68 Å². The first-order chi connectivity index (χ1) is 13.1. The summed E-state index contributed by atoms with van der Waals surface area (Å²) in [7, 11) is 0. The third kappa shape index (κ3) is 5.23. The number of hydrogen-bond acceptors (Lipinski definition) is 5. The number of benzene rings is 1. The van der Waals surface area contributed by atoms with Crippen molar-refractivity contribution in [2.24, 2.45) is 5.73 Å². The summed E-state index contributed by atoms with van der Waals surface area (Å²) in [5.74, 6) is -0.0689. The maximum atomic E-state index is 13.0. The van der Waals surface area contributed by atoms with Crippen LogP contribution in [-0.4, -0.2) is 58.1 Å². The highest BCUT2D eigenvalue weighted by molar-refractivity contribution is 6.30. The summed E-state index contributed by atoms with van der Waals surface area (Å²) in [5.41, 5.74) is 7.51. The van der Waals surface area contributed by atoms with Crippen LogP contribution in [0.1, 0.15) is 42.4 Å². The zero-order valence-corrected chi connectivity index (χ0v) is 17.6. The summed E-state index contributed by atoms with van der Waals surface area (Å²) in [6.45, 7) is 4.65. The molecule has 0 radical (unpaired) electrons. The van der Waals surface area contributed by atoms with Gasteiger partial charge in [-0.1, -0.05) is 29.8 Å². The fourth-order valence-corrected chi connectivity index (χ4v) is 3.49. The van der Waals surface area contributed by atoms with Crippen LogP contribution >= 0.6 is 24.0 Å². The van der Waals surface area contributed by atoms with Crippen molar-refractivity contribution in [2.75, 3.05) is 26.2 Å². The van der Waals surface area contributed by atoms with E-state index in [2.05, 4.69) is 10.3 Å². The summed E-state index contributed by atoms with van der Waals surface area (Å²) in [6, 6.07) is 7.38. The molecule has 2 aromatic rings. The molecular formula is C19H27Cl2N5O2. The minimum Gasteiger partial charge on any atom is -0.378 e.